The molecule has 0 bridgehead atoms. The van der Waals surface area contributed by atoms with Gasteiger partial charge in [0.05, 0.1) is 19.6 Å². The number of methoxy groups -OCH3 is 1. The second-order valence-electron chi connectivity index (χ2n) is 8.18. The Morgan fingerprint density at radius 1 is 0.861 bits per heavy atom. The number of aliphatic carboxylic acids is 1. The summed E-state index contributed by atoms with van der Waals surface area (Å²) in [5.41, 5.74) is 6.53. The molecule has 4 atom stereocenters. The molecule has 0 aliphatic heterocycles. The number of carboxylic acids is 1. The first-order chi connectivity index (χ1) is 16.8. The maximum atomic E-state index is 12.6. The van der Waals surface area contributed by atoms with Crippen LogP contribution in [-0.4, -0.2) is 72.0 Å². The van der Waals surface area contributed by atoms with Crippen LogP contribution in [0, 0.1) is 0 Å². The van der Waals surface area contributed by atoms with Crippen molar-refractivity contribution < 1.29 is 38.6 Å². The fourth-order valence-corrected chi connectivity index (χ4v) is 2.85. The number of nitrogens with two attached hydrogens (primary N) is 1. The fourth-order valence-electron chi connectivity index (χ4n) is 2.85. The Balaban J connectivity index is 2.73. The number of carboxylic acid groups (broad SMARTS) is 1. The van der Waals surface area contributed by atoms with Crippen LogP contribution in [0.1, 0.15) is 39.2 Å². The zero-order chi connectivity index (χ0) is 27.4. The van der Waals surface area contributed by atoms with Crippen LogP contribution in [0.2, 0.25) is 0 Å². The monoisotopic (exact) mass is 507 g/mol. The van der Waals surface area contributed by atoms with Gasteiger partial charge in [-0.25, -0.2) is 4.79 Å². The highest BCUT2D eigenvalue weighted by atomic mass is 16.5. The van der Waals surface area contributed by atoms with Crippen molar-refractivity contribution >= 4 is 41.3 Å². The summed E-state index contributed by atoms with van der Waals surface area (Å²) in [6.45, 7) is 4.33. The third-order valence-electron chi connectivity index (χ3n) is 4.96. The minimum Gasteiger partial charge on any atom is -0.481 e. The number of hydrogen-bond acceptors (Lipinski definition) is 8. The quantitative estimate of drug-likeness (QED) is 0.182. The van der Waals surface area contributed by atoms with Gasteiger partial charge in [0.15, 0.2) is 0 Å². The van der Waals surface area contributed by atoms with E-state index in [0.717, 1.165) is 0 Å². The van der Waals surface area contributed by atoms with E-state index in [4.69, 9.17) is 15.6 Å². The lowest BCUT2D eigenvalue weighted by Gasteiger charge is -2.22. The summed E-state index contributed by atoms with van der Waals surface area (Å²) in [5.74, 6) is -4.01. The van der Waals surface area contributed by atoms with Crippen LogP contribution in [0.15, 0.2) is 24.3 Å². The zero-order valence-corrected chi connectivity index (χ0v) is 20.6. The Morgan fingerprint density at radius 2 is 1.39 bits per heavy atom. The largest absolute Gasteiger partial charge is 0.481 e. The predicted octanol–water partition coefficient (Wildman–Crippen LogP) is -0.953. The maximum Gasteiger partial charge on any atom is 0.328 e. The highest BCUT2D eigenvalue weighted by molar-refractivity contribution is 5.94. The van der Waals surface area contributed by atoms with Gasteiger partial charge in [0.2, 0.25) is 23.6 Å². The van der Waals surface area contributed by atoms with Crippen LogP contribution in [0.3, 0.4) is 0 Å². The van der Waals surface area contributed by atoms with Crippen LogP contribution in [0.5, 0.6) is 0 Å². The summed E-state index contributed by atoms with van der Waals surface area (Å²) in [4.78, 5) is 71.1. The standard InChI is InChI=1S/C23H33N5O8/c1-12(24)20(32)25-13(2)21(33)26-14(3)22(34)28-17(23(35)36-4)11-15-5-7-16(8-6-15)27-18(29)9-10-19(30)31/h5-8,12-14,17H,9-11,24H2,1-4H3,(H,25,32)(H,26,33)(H,27,29)(H,28,34)(H,30,31). The summed E-state index contributed by atoms with van der Waals surface area (Å²) in [6.07, 6.45) is -0.392. The number of rotatable bonds is 13. The average molecular weight is 508 g/mol. The number of carbonyl (C=O) groups is 6. The van der Waals surface area contributed by atoms with Crippen LogP contribution >= 0.6 is 0 Å². The number of nitrogens with one attached hydrogen (secondary N) is 4. The fraction of sp³-hybridized carbons (Fsp3) is 0.478. The van der Waals surface area contributed by atoms with E-state index in [9.17, 15) is 28.8 Å². The molecule has 198 valence electrons. The topological polar surface area (TPSA) is 206 Å². The molecule has 0 heterocycles. The molecule has 13 nitrogen and oxygen atoms in total. The maximum absolute atomic E-state index is 12.6. The molecular formula is C23H33N5O8. The summed E-state index contributed by atoms with van der Waals surface area (Å²) in [7, 11) is 1.17. The molecule has 0 saturated heterocycles. The Kier molecular flexibility index (Phi) is 12.0. The van der Waals surface area contributed by atoms with Gasteiger partial charge in [-0.1, -0.05) is 12.1 Å². The third-order valence-corrected chi connectivity index (χ3v) is 4.96. The summed E-state index contributed by atoms with van der Waals surface area (Å²) >= 11 is 0. The molecule has 1 aromatic rings. The van der Waals surface area contributed by atoms with E-state index in [-0.39, 0.29) is 19.3 Å². The first-order valence-corrected chi connectivity index (χ1v) is 11.2. The lowest BCUT2D eigenvalue weighted by atomic mass is 10.0. The number of carbonyl (C=O) groups excluding carboxylic acids is 5. The van der Waals surface area contributed by atoms with Gasteiger partial charge in [-0.3, -0.25) is 24.0 Å². The smallest absolute Gasteiger partial charge is 0.328 e. The number of anilines is 1. The molecule has 0 aliphatic carbocycles. The highest BCUT2D eigenvalue weighted by Gasteiger charge is 2.27. The Hall–Kier alpha value is -4.00. The van der Waals surface area contributed by atoms with Crippen molar-refractivity contribution in [1.29, 1.82) is 0 Å². The third kappa shape index (κ3) is 10.5. The van der Waals surface area contributed by atoms with E-state index in [2.05, 4.69) is 21.3 Å². The molecule has 36 heavy (non-hydrogen) atoms. The van der Waals surface area contributed by atoms with Crippen molar-refractivity contribution in [2.45, 2.75) is 64.2 Å². The molecule has 0 fully saturated rings. The van der Waals surface area contributed by atoms with Crippen molar-refractivity contribution in [2.24, 2.45) is 5.73 Å². The van der Waals surface area contributed by atoms with E-state index in [1.807, 2.05) is 0 Å². The van der Waals surface area contributed by atoms with Crippen molar-refractivity contribution in [2.75, 3.05) is 12.4 Å². The Bertz CT molecular complexity index is 964. The number of benzene rings is 1. The summed E-state index contributed by atoms with van der Waals surface area (Å²) in [5, 5.41) is 18.6. The molecule has 0 aromatic heterocycles. The van der Waals surface area contributed by atoms with Gasteiger partial charge in [0.25, 0.3) is 0 Å². The van der Waals surface area contributed by atoms with Gasteiger partial charge >= 0.3 is 11.9 Å². The predicted molar refractivity (Wildman–Crippen MR) is 128 cm³/mol. The normalized spacial score (nSPS) is 13.8. The Morgan fingerprint density at radius 3 is 1.89 bits per heavy atom. The molecule has 7 N–H and O–H groups in total. The van der Waals surface area contributed by atoms with Crippen LogP contribution in [0.25, 0.3) is 0 Å². The molecule has 13 heteroatoms. The van der Waals surface area contributed by atoms with Crippen LogP contribution in [-0.2, 0) is 39.9 Å². The van der Waals surface area contributed by atoms with E-state index in [1.165, 1.54) is 27.9 Å². The van der Waals surface area contributed by atoms with E-state index >= 15 is 0 Å². The second kappa shape index (κ2) is 14.4. The number of esters is 1. The Labute approximate surface area is 208 Å². The minimum atomic E-state index is -1.08. The molecule has 1 rings (SSSR count). The van der Waals surface area contributed by atoms with Crippen molar-refractivity contribution in [3.8, 4) is 0 Å². The van der Waals surface area contributed by atoms with E-state index < -0.39 is 59.7 Å². The first-order valence-electron chi connectivity index (χ1n) is 11.2. The second-order valence-corrected chi connectivity index (χ2v) is 8.18. The molecule has 1 aromatic carbocycles. The van der Waals surface area contributed by atoms with Gasteiger partial charge in [-0.2, -0.15) is 0 Å². The molecule has 0 saturated carbocycles. The van der Waals surface area contributed by atoms with Gasteiger partial charge in [0.1, 0.15) is 18.1 Å². The molecule has 4 amide bonds. The summed E-state index contributed by atoms with van der Waals surface area (Å²) in [6, 6.07) is 2.58. The van der Waals surface area contributed by atoms with Gasteiger partial charge in [-0.05, 0) is 38.5 Å². The average Bonchev–Trinajstić information content (AvgIpc) is 2.82. The van der Waals surface area contributed by atoms with Crippen molar-refractivity contribution in [3.05, 3.63) is 29.8 Å². The minimum absolute atomic E-state index is 0.0627. The SMILES string of the molecule is COC(=O)C(Cc1ccc(NC(=O)CCC(=O)O)cc1)NC(=O)C(C)NC(=O)C(C)NC(=O)C(C)N. The van der Waals surface area contributed by atoms with Crippen LogP contribution in [0.4, 0.5) is 5.69 Å². The molecule has 0 spiro atoms. The molecule has 0 radical (unpaired) electrons. The van der Waals surface area contributed by atoms with Gasteiger partial charge < -0.3 is 36.8 Å². The zero-order valence-electron chi connectivity index (χ0n) is 20.6. The molecular weight excluding hydrogens is 474 g/mol. The lowest BCUT2D eigenvalue weighted by Crippen LogP contribution is -2.55. The van der Waals surface area contributed by atoms with Gasteiger partial charge in [-0.15, -0.1) is 0 Å². The van der Waals surface area contributed by atoms with Gasteiger partial charge in [0, 0.05) is 18.5 Å². The van der Waals surface area contributed by atoms with Crippen molar-refractivity contribution in [1.82, 2.24) is 16.0 Å². The van der Waals surface area contributed by atoms with Crippen molar-refractivity contribution in [3.63, 3.8) is 0 Å². The molecule has 0 aliphatic rings. The van der Waals surface area contributed by atoms with E-state index in [1.54, 1.807) is 24.3 Å². The first kappa shape index (κ1) is 30.0. The molecule has 4 unspecified atom stereocenters. The number of hydrogen-bond donors (Lipinski definition) is 6. The number of ether oxygens (including phenoxy) is 1. The van der Waals surface area contributed by atoms with Crippen LogP contribution < -0.4 is 27.0 Å². The lowest BCUT2D eigenvalue weighted by molar-refractivity contribution is -0.145. The van der Waals surface area contributed by atoms with E-state index in [0.29, 0.717) is 11.3 Å². The number of amides is 4. The summed E-state index contributed by atoms with van der Waals surface area (Å²) < 4.78 is 4.77. The highest BCUT2D eigenvalue weighted by Crippen LogP contribution is 2.13.